The van der Waals surface area contributed by atoms with E-state index in [0.29, 0.717) is 17.2 Å². The van der Waals surface area contributed by atoms with Crippen LogP contribution in [0.15, 0.2) is 33.6 Å². The zero-order valence-corrected chi connectivity index (χ0v) is 14.0. The summed E-state index contributed by atoms with van der Waals surface area (Å²) in [7, 11) is -2.12. The van der Waals surface area contributed by atoms with Gasteiger partial charge in [-0.2, -0.15) is 0 Å². The number of rotatable bonds is 4. The first kappa shape index (κ1) is 15.9. The first-order chi connectivity index (χ1) is 9.77. The van der Waals surface area contributed by atoms with Crippen molar-refractivity contribution in [3.63, 3.8) is 0 Å². The molecule has 0 atom stereocenters. The van der Waals surface area contributed by atoms with E-state index in [-0.39, 0.29) is 10.8 Å². The molecular weight excluding hydrogens is 310 g/mol. The number of halogens is 1. The number of furan rings is 1. The van der Waals surface area contributed by atoms with Crippen LogP contribution in [0.25, 0.3) is 0 Å². The molecule has 0 aliphatic carbocycles. The van der Waals surface area contributed by atoms with Crippen LogP contribution in [0.1, 0.15) is 22.6 Å². The highest BCUT2D eigenvalue weighted by Crippen LogP contribution is 2.29. The van der Waals surface area contributed by atoms with Gasteiger partial charge in [-0.1, -0.05) is 17.7 Å². The molecule has 0 saturated carbocycles. The van der Waals surface area contributed by atoms with Gasteiger partial charge < -0.3 is 4.42 Å². The Bertz CT molecular complexity index is 765. The fourth-order valence-corrected chi connectivity index (χ4v) is 3.86. The van der Waals surface area contributed by atoms with E-state index in [1.54, 1.807) is 20.0 Å². The summed E-state index contributed by atoms with van der Waals surface area (Å²) in [6, 6.07) is 7.13. The summed E-state index contributed by atoms with van der Waals surface area (Å²) in [6.07, 6.45) is 0. The van der Waals surface area contributed by atoms with Crippen LogP contribution in [0.4, 0.5) is 5.69 Å². The SMILES string of the molecule is Cc1ccc(N(C)S(=O)(=O)c2cc(CCl)oc2C)c(C)c1. The Morgan fingerprint density at radius 3 is 2.38 bits per heavy atom. The number of sulfonamides is 1. The average molecular weight is 328 g/mol. The predicted molar refractivity (Wildman–Crippen MR) is 84.5 cm³/mol. The fraction of sp³-hybridized carbons (Fsp3) is 0.333. The molecule has 0 fully saturated rings. The normalized spacial score (nSPS) is 11.7. The summed E-state index contributed by atoms with van der Waals surface area (Å²) >= 11 is 5.70. The van der Waals surface area contributed by atoms with Crippen LogP contribution in [0.5, 0.6) is 0 Å². The van der Waals surface area contributed by atoms with Gasteiger partial charge in [0.25, 0.3) is 10.0 Å². The quantitative estimate of drug-likeness (QED) is 0.803. The second kappa shape index (κ2) is 5.73. The topological polar surface area (TPSA) is 50.5 Å². The number of benzene rings is 1. The third-order valence-electron chi connectivity index (χ3n) is 3.38. The fourth-order valence-electron chi connectivity index (χ4n) is 2.28. The Hall–Kier alpha value is -1.46. The molecule has 21 heavy (non-hydrogen) atoms. The van der Waals surface area contributed by atoms with E-state index < -0.39 is 10.0 Å². The Balaban J connectivity index is 2.49. The van der Waals surface area contributed by atoms with Crippen LogP contribution < -0.4 is 4.31 Å². The molecule has 6 heteroatoms. The van der Waals surface area contributed by atoms with E-state index in [9.17, 15) is 8.42 Å². The van der Waals surface area contributed by atoms with Crippen molar-refractivity contribution in [1.29, 1.82) is 0 Å². The van der Waals surface area contributed by atoms with Gasteiger partial charge in [0.15, 0.2) is 0 Å². The van der Waals surface area contributed by atoms with Gasteiger partial charge >= 0.3 is 0 Å². The Labute approximate surface area is 130 Å². The van der Waals surface area contributed by atoms with Crippen LogP contribution in [0.2, 0.25) is 0 Å². The maximum atomic E-state index is 12.7. The van der Waals surface area contributed by atoms with Gasteiger partial charge in [0.1, 0.15) is 16.4 Å². The first-order valence-corrected chi connectivity index (χ1v) is 8.46. The molecular formula is C15H18ClNO3S. The molecule has 1 aromatic heterocycles. The lowest BCUT2D eigenvalue weighted by atomic mass is 10.1. The van der Waals surface area contributed by atoms with Gasteiger partial charge in [0.2, 0.25) is 0 Å². The van der Waals surface area contributed by atoms with E-state index >= 15 is 0 Å². The summed E-state index contributed by atoms with van der Waals surface area (Å²) in [5.41, 5.74) is 2.64. The van der Waals surface area contributed by atoms with Crippen molar-refractivity contribution >= 4 is 27.3 Å². The molecule has 2 aromatic rings. The maximum Gasteiger partial charge on any atom is 0.267 e. The summed E-state index contributed by atoms with van der Waals surface area (Å²) in [6.45, 7) is 5.48. The molecule has 114 valence electrons. The average Bonchev–Trinajstić information content (AvgIpc) is 2.80. The molecule has 1 heterocycles. The molecule has 1 aromatic carbocycles. The van der Waals surface area contributed by atoms with Gasteiger partial charge in [-0.15, -0.1) is 11.6 Å². The monoisotopic (exact) mass is 327 g/mol. The Morgan fingerprint density at radius 2 is 1.86 bits per heavy atom. The largest absolute Gasteiger partial charge is 0.464 e. The second-order valence-corrected chi connectivity index (χ2v) is 7.23. The molecule has 0 N–H and O–H groups in total. The molecule has 0 spiro atoms. The van der Waals surface area contributed by atoms with Crippen LogP contribution >= 0.6 is 11.6 Å². The lowest BCUT2D eigenvalue weighted by molar-refractivity contribution is 0.492. The highest BCUT2D eigenvalue weighted by atomic mass is 35.5. The van der Waals surface area contributed by atoms with Crippen molar-refractivity contribution in [2.24, 2.45) is 0 Å². The van der Waals surface area contributed by atoms with Crippen molar-refractivity contribution in [3.8, 4) is 0 Å². The third-order valence-corrected chi connectivity index (χ3v) is 5.53. The zero-order valence-electron chi connectivity index (χ0n) is 12.5. The molecule has 0 radical (unpaired) electrons. The van der Waals surface area contributed by atoms with E-state index in [4.69, 9.17) is 16.0 Å². The van der Waals surface area contributed by atoms with E-state index in [1.807, 2.05) is 26.0 Å². The minimum Gasteiger partial charge on any atom is -0.464 e. The molecule has 4 nitrogen and oxygen atoms in total. The highest BCUT2D eigenvalue weighted by molar-refractivity contribution is 7.92. The number of hydrogen-bond donors (Lipinski definition) is 0. The molecule has 0 amide bonds. The second-order valence-electron chi connectivity index (χ2n) is 5.03. The van der Waals surface area contributed by atoms with Crippen molar-refractivity contribution in [2.75, 3.05) is 11.4 Å². The lowest BCUT2D eigenvalue weighted by Crippen LogP contribution is -2.27. The Morgan fingerprint density at radius 1 is 1.19 bits per heavy atom. The smallest absolute Gasteiger partial charge is 0.267 e. The minimum atomic E-state index is -3.67. The number of hydrogen-bond acceptors (Lipinski definition) is 3. The Kier molecular flexibility index (Phi) is 4.35. The van der Waals surface area contributed by atoms with Crippen LogP contribution in [0.3, 0.4) is 0 Å². The van der Waals surface area contributed by atoms with Gasteiger partial charge in [0, 0.05) is 13.1 Å². The summed E-state index contributed by atoms with van der Waals surface area (Å²) in [5, 5.41) is 0. The van der Waals surface area contributed by atoms with Gasteiger partial charge in [-0.3, -0.25) is 4.31 Å². The van der Waals surface area contributed by atoms with E-state index in [1.165, 1.54) is 10.4 Å². The molecule has 0 aliphatic rings. The number of anilines is 1. The van der Waals surface area contributed by atoms with Gasteiger partial charge in [0.05, 0.1) is 11.6 Å². The first-order valence-electron chi connectivity index (χ1n) is 6.49. The highest BCUT2D eigenvalue weighted by Gasteiger charge is 2.27. The van der Waals surface area contributed by atoms with Crippen molar-refractivity contribution in [2.45, 2.75) is 31.5 Å². The van der Waals surface area contributed by atoms with Crippen LogP contribution in [-0.2, 0) is 15.9 Å². The number of aryl methyl sites for hydroxylation is 3. The maximum absolute atomic E-state index is 12.7. The summed E-state index contributed by atoms with van der Waals surface area (Å²) in [5.74, 6) is 0.938. The van der Waals surface area contributed by atoms with Crippen molar-refractivity contribution < 1.29 is 12.8 Å². The molecule has 0 unspecified atom stereocenters. The van der Waals surface area contributed by atoms with Crippen molar-refractivity contribution in [3.05, 3.63) is 46.9 Å². The minimum absolute atomic E-state index is 0.142. The number of alkyl halides is 1. The molecule has 0 bridgehead atoms. The van der Waals surface area contributed by atoms with Crippen molar-refractivity contribution in [1.82, 2.24) is 0 Å². The molecule has 0 saturated heterocycles. The van der Waals surface area contributed by atoms with Gasteiger partial charge in [-0.25, -0.2) is 8.42 Å². The number of nitrogens with zero attached hydrogens (tertiary/aromatic N) is 1. The third kappa shape index (κ3) is 2.94. The van der Waals surface area contributed by atoms with Crippen LogP contribution in [-0.4, -0.2) is 15.5 Å². The summed E-state index contributed by atoms with van der Waals surface area (Å²) in [4.78, 5) is 0.153. The molecule has 0 aliphatic heterocycles. The van der Waals surface area contributed by atoms with E-state index in [0.717, 1.165) is 11.1 Å². The predicted octanol–water partition coefficient (Wildman–Crippen LogP) is 3.77. The van der Waals surface area contributed by atoms with Crippen LogP contribution in [0, 0.1) is 20.8 Å². The van der Waals surface area contributed by atoms with Gasteiger partial charge in [-0.05, 0) is 32.4 Å². The lowest BCUT2D eigenvalue weighted by Gasteiger charge is -2.21. The zero-order chi connectivity index (χ0) is 15.8. The molecule has 2 rings (SSSR count). The summed E-state index contributed by atoms with van der Waals surface area (Å²) < 4.78 is 32.1. The standard InChI is InChI=1S/C15H18ClNO3S/c1-10-5-6-14(11(2)7-10)17(4)21(18,19)15-8-13(9-16)20-12(15)3/h5-8H,9H2,1-4H3. The van der Waals surface area contributed by atoms with E-state index in [2.05, 4.69) is 0 Å².